The van der Waals surface area contributed by atoms with Gasteiger partial charge in [0.1, 0.15) is 0 Å². The second kappa shape index (κ2) is 4.33. The Hall–Kier alpha value is -0.520. The third-order valence-corrected chi connectivity index (χ3v) is 2.57. The first-order chi connectivity index (χ1) is 6.43. The maximum Gasteiger partial charge on any atom is 0.264 e. The highest BCUT2D eigenvalue weighted by Gasteiger charge is 2.18. The number of hydrogen-bond donors (Lipinski definition) is 0. The standard InChI is InChI=1S/C10H9F2IO/c1-5-3-7(13)4-8(6(2)14)9(5)10(11)12/h3-4,10H,1-2H3. The summed E-state index contributed by atoms with van der Waals surface area (Å²) in [7, 11) is 0. The van der Waals surface area contributed by atoms with Crippen molar-refractivity contribution < 1.29 is 13.6 Å². The van der Waals surface area contributed by atoms with Crippen LogP contribution >= 0.6 is 22.6 Å². The SMILES string of the molecule is CC(=O)c1cc(I)cc(C)c1C(F)F. The lowest BCUT2D eigenvalue weighted by Crippen LogP contribution is -2.03. The van der Waals surface area contributed by atoms with E-state index < -0.39 is 6.43 Å². The topological polar surface area (TPSA) is 17.1 Å². The van der Waals surface area contributed by atoms with E-state index in [9.17, 15) is 13.6 Å². The van der Waals surface area contributed by atoms with E-state index in [2.05, 4.69) is 0 Å². The van der Waals surface area contributed by atoms with E-state index in [1.165, 1.54) is 13.0 Å². The van der Waals surface area contributed by atoms with Gasteiger partial charge in [0.25, 0.3) is 6.43 Å². The zero-order valence-corrected chi connectivity index (χ0v) is 9.93. The summed E-state index contributed by atoms with van der Waals surface area (Å²) in [5.41, 5.74) is 0.458. The molecule has 0 spiro atoms. The van der Waals surface area contributed by atoms with Crippen molar-refractivity contribution in [1.29, 1.82) is 0 Å². The van der Waals surface area contributed by atoms with Crippen LogP contribution in [0.25, 0.3) is 0 Å². The van der Waals surface area contributed by atoms with Gasteiger partial charge in [0.2, 0.25) is 0 Å². The molecule has 14 heavy (non-hydrogen) atoms. The largest absolute Gasteiger partial charge is 0.294 e. The van der Waals surface area contributed by atoms with E-state index in [4.69, 9.17) is 0 Å². The molecule has 0 fully saturated rings. The molecule has 0 radical (unpaired) electrons. The summed E-state index contributed by atoms with van der Waals surface area (Å²) in [5.74, 6) is -0.318. The Labute approximate surface area is 94.6 Å². The molecule has 0 aliphatic heterocycles. The number of carbonyl (C=O) groups is 1. The van der Waals surface area contributed by atoms with Crippen LogP contribution in [0.2, 0.25) is 0 Å². The second-order valence-corrected chi connectivity index (χ2v) is 4.29. The highest BCUT2D eigenvalue weighted by Crippen LogP contribution is 2.28. The number of halogens is 3. The van der Waals surface area contributed by atoms with Crippen LogP contribution in [0.15, 0.2) is 12.1 Å². The van der Waals surface area contributed by atoms with Gasteiger partial charge in [0, 0.05) is 14.7 Å². The fourth-order valence-corrected chi connectivity index (χ4v) is 2.11. The van der Waals surface area contributed by atoms with Gasteiger partial charge in [0.15, 0.2) is 5.78 Å². The summed E-state index contributed by atoms with van der Waals surface area (Å²) in [5, 5.41) is 0. The number of hydrogen-bond acceptors (Lipinski definition) is 1. The lowest BCUT2D eigenvalue weighted by Gasteiger charge is -2.10. The van der Waals surface area contributed by atoms with Gasteiger partial charge in [-0.1, -0.05) is 0 Å². The smallest absolute Gasteiger partial charge is 0.264 e. The number of carbonyl (C=O) groups excluding carboxylic acids is 1. The molecule has 4 heteroatoms. The summed E-state index contributed by atoms with van der Waals surface area (Å²) in [6.07, 6.45) is -2.59. The molecule has 1 rings (SSSR count). The maximum atomic E-state index is 12.6. The first-order valence-corrected chi connectivity index (χ1v) is 5.10. The van der Waals surface area contributed by atoms with Crippen molar-refractivity contribution >= 4 is 28.4 Å². The number of alkyl halides is 2. The van der Waals surface area contributed by atoms with E-state index in [-0.39, 0.29) is 16.9 Å². The molecule has 0 amide bonds. The van der Waals surface area contributed by atoms with Crippen molar-refractivity contribution in [3.8, 4) is 0 Å². The van der Waals surface area contributed by atoms with Crippen LogP contribution in [0.4, 0.5) is 8.78 Å². The number of Topliss-reactive ketones (excluding diaryl/α,β-unsaturated/α-hetero) is 1. The Morgan fingerprint density at radius 3 is 2.43 bits per heavy atom. The van der Waals surface area contributed by atoms with Gasteiger partial charge in [-0.3, -0.25) is 4.79 Å². The van der Waals surface area contributed by atoms with Gasteiger partial charge in [-0.15, -0.1) is 0 Å². The molecule has 0 saturated carbocycles. The molecular weight excluding hydrogens is 301 g/mol. The summed E-state index contributed by atoms with van der Waals surface area (Å²) in [6, 6.07) is 3.14. The van der Waals surface area contributed by atoms with Crippen LogP contribution in [0.5, 0.6) is 0 Å². The van der Waals surface area contributed by atoms with Crippen LogP contribution in [0.1, 0.15) is 34.8 Å². The Balaban J connectivity index is 3.44. The maximum absolute atomic E-state index is 12.6. The second-order valence-electron chi connectivity index (χ2n) is 3.04. The number of aryl methyl sites for hydroxylation is 1. The Bertz CT molecular complexity index is 375. The minimum Gasteiger partial charge on any atom is -0.294 e. The predicted octanol–water partition coefficient (Wildman–Crippen LogP) is 3.74. The van der Waals surface area contributed by atoms with Crippen LogP contribution < -0.4 is 0 Å². The molecule has 0 aliphatic carbocycles. The summed E-state index contributed by atoms with van der Waals surface area (Å²) >= 11 is 2.01. The molecule has 1 nitrogen and oxygen atoms in total. The highest BCUT2D eigenvalue weighted by atomic mass is 127. The van der Waals surface area contributed by atoms with Crippen molar-refractivity contribution in [2.45, 2.75) is 20.3 Å². The molecule has 0 heterocycles. The molecule has 1 aromatic carbocycles. The molecule has 0 N–H and O–H groups in total. The Kier molecular flexibility index (Phi) is 3.58. The van der Waals surface area contributed by atoms with Crippen molar-refractivity contribution in [3.63, 3.8) is 0 Å². The van der Waals surface area contributed by atoms with Crippen molar-refractivity contribution in [1.82, 2.24) is 0 Å². The number of rotatable bonds is 2. The van der Waals surface area contributed by atoms with E-state index in [1.807, 2.05) is 22.6 Å². The molecule has 0 aromatic heterocycles. The van der Waals surface area contributed by atoms with Crippen LogP contribution in [-0.2, 0) is 0 Å². The third-order valence-electron chi connectivity index (χ3n) is 1.95. The molecule has 0 aliphatic rings. The Morgan fingerprint density at radius 1 is 1.43 bits per heavy atom. The molecule has 0 unspecified atom stereocenters. The molecule has 76 valence electrons. The molecular formula is C10H9F2IO. The van der Waals surface area contributed by atoms with E-state index in [0.717, 1.165) is 3.57 Å². The molecule has 0 atom stereocenters. The lowest BCUT2D eigenvalue weighted by molar-refractivity contribution is 0.0998. The average molecular weight is 310 g/mol. The third kappa shape index (κ3) is 2.29. The minimum absolute atomic E-state index is 0.129. The monoisotopic (exact) mass is 310 g/mol. The molecule has 1 aromatic rings. The average Bonchev–Trinajstić information content (AvgIpc) is 2.01. The lowest BCUT2D eigenvalue weighted by atomic mass is 10.00. The van der Waals surface area contributed by atoms with Gasteiger partial charge in [-0.25, -0.2) is 8.78 Å². The van der Waals surface area contributed by atoms with Crippen molar-refractivity contribution in [3.05, 3.63) is 32.4 Å². The molecule has 0 saturated heterocycles. The summed E-state index contributed by atoms with van der Waals surface area (Å²) < 4.78 is 26.1. The van der Waals surface area contributed by atoms with E-state index in [0.29, 0.717) is 5.56 Å². The fourth-order valence-electron chi connectivity index (χ4n) is 1.34. The quantitative estimate of drug-likeness (QED) is 0.601. The van der Waals surface area contributed by atoms with Gasteiger partial charge in [-0.05, 0) is 54.1 Å². The highest BCUT2D eigenvalue weighted by molar-refractivity contribution is 14.1. The van der Waals surface area contributed by atoms with E-state index in [1.54, 1.807) is 13.0 Å². The first-order valence-electron chi connectivity index (χ1n) is 4.02. The van der Waals surface area contributed by atoms with Crippen LogP contribution in [-0.4, -0.2) is 5.78 Å². The Morgan fingerprint density at radius 2 is 2.00 bits per heavy atom. The summed E-state index contributed by atoms with van der Waals surface area (Å²) in [6.45, 7) is 2.90. The molecule has 0 bridgehead atoms. The zero-order chi connectivity index (χ0) is 10.9. The first kappa shape index (κ1) is 11.6. The van der Waals surface area contributed by atoms with Crippen molar-refractivity contribution in [2.24, 2.45) is 0 Å². The normalized spacial score (nSPS) is 10.7. The van der Waals surface area contributed by atoms with Gasteiger partial charge < -0.3 is 0 Å². The number of ketones is 1. The zero-order valence-electron chi connectivity index (χ0n) is 7.77. The minimum atomic E-state index is -2.59. The van der Waals surface area contributed by atoms with E-state index >= 15 is 0 Å². The van der Waals surface area contributed by atoms with Crippen LogP contribution in [0, 0.1) is 10.5 Å². The van der Waals surface area contributed by atoms with Gasteiger partial charge >= 0.3 is 0 Å². The fraction of sp³-hybridized carbons (Fsp3) is 0.300. The van der Waals surface area contributed by atoms with Crippen LogP contribution in [0.3, 0.4) is 0 Å². The predicted molar refractivity (Wildman–Crippen MR) is 58.9 cm³/mol. The number of benzene rings is 1. The summed E-state index contributed by atoms with van der Waals surface area (Å²) in [4.78, 5) is 11.1. The van der Waals surface area contributed by atoms with Gasteiger partial charge in [-0.2, -0.15) is 0 Å². The van der Waals surface area contributed by atoms with Crippen molar-refractivity contribution in [2.75, 3.05) is 0 Å². The van der Waals surface area contributed by atoms with Gasteiger partial charge in [0.05, 0.1) is 0 Å².